The normalized spacial score (nSPS) is 14.5. The molecular formula is C26H26BFN4O. The van der Waals surface area contributed by atoms with Crippen molar-refractivity contribution in [2.45, 2.75) is 39.4 Å². The SMILES string of the molecule is CCB(O)c1cnc2c(c1)N(c1c(C)c(-c3ccccn3)nc3cc(F)ccc13)CC2(C)C. The summed E-state index contributed by atoms with van der Waals surface area (Å²) < 4.78 is 14.2. The van der Waals surface area contributed by atoms with Crippen LogP contribution in [0.25, 0.3) is 22.3 Å². The van der Waals surface area contributed by atoms with Crippen molar-refractivity contribution in [3.05, 3.63) is 71.9 Å². The monoisotopic (exact) mass is 440 g/mol. The highest BCUT2D eigenvalue weighted by atomic mass is 19.1. The summed E-state index contributed by atoms with van der Waals surface area (Å²) in [6, 6.07) is 12.5. The van der Waals surface area contributed by atoms with Gasteiger partial charge >= 0.3 is 6.92 Å². The molecule has 5 rings (SSSR count). The molecule has 0 bridgehead atoms. The van der Waals surface area contributed by atoms with Crippen LogP contribution in [0.3, 0.4) is 0 Å². The molecular weight excluding hydrogens is 414 g/mol. The zero-order valence-electron chi connectivity index (χ0n) is 19.3. The van der Waals surface area contributed by atoms with Crippen molar-refractivity contribution >= 4 is 34.7 Å². The van der Waals surface area contributed by atoms with E-state index in [0.29, 0.717) is 18.4 Å². The summed E-state index contributed by atoms with van der Waals surface area (Å²) in [7, 11) is 0. The van der Waals surface area contributed by atoms with Gasteiger partial charge < -0.3 is 9.92 Å². The lowest BCUT2D eigenvalue weighted by Crippen LogP contribution is -2.30. The van der Waals surface area contributed by atoms with E-state index in [0.717, 1.165) is 44.9 Å². The number of pyridine rings is 3. The summed E-state index contributed by atoms with van der Waals surface area (Å²) in [6.45, 7) is 8.48. The first-order valence-corrected chi connectivity index (χ1v) is 11.3. The minimum atomic E-state index is -0.568. The molecule has 4 heterocycles. The van der Waals surface area contributed by atoms with Crippen molar-refractivity contribution in [1.29, 1.82) is 0 Å². The maximum absolute atomic E-state index is 14.2. The molecule has 0 atom stereocenters. The summed E-state index contributed by atoms with van der Waals surface area (Å²) in [6.07, 6.45) is 4.14. The summed E-state index contributed by atoms with van der Waals surface area (Å²) in [5.74, 6) is -0.325. The van der Waals surface area contributed by atoms with Crippen LogP contribution in [0, 0.1) is 12.7 Å². The van der Waals surface area contributed by atoms with Crippen LogP contribution in [0.5, 0.6) is 0 Å². The maximum Gasteiger partial charge on any atom is 0.325 e. The van der Waals surface area contributed by atoms with Crippen LogP contribution < -0.4 is 10.4 Å². The van der Waals surface area contributed by atoms with Crippen LogP contribution in [0.4, 0.5) is 15.8 Å². The van der Waals surface area contributed by atoms with Crippen LogP contribution in [-0.2, 0) is 5.41 Å². The number of rotatable bonds is 4. The topological polar surface area (TPSA) is 62.1 Å². The highest BCUT2D eigenvalue weighted by molar-refractivity contribution is 6.66. The van der Waals surface area contributed by atoms with E-state index in [-0.39, 0.29) is 11.2 Å². The molecule has 7 heteroatoms. The lowest BCUT2D eigenvalue weighted by atomic mass is 9.60. The van der Waals surface area contributed by atoms with Crippen molar-refractivity contribution in [1.82, 2.24) is 15.0 Å². The number of benzene rings is 1. The number of fused-ring (bicyclic) bond motifs is 2. The third-order valence-corrected chi connectivity index (χ3v) is 6.48. The predicted octanol–water partition coefficient (Wildman–Crippen LogP) is 4.78. The molecule has 166 valence electrons. The lowest BCUT2D eigenvalue weighted by Gasteiger charge is -2.26. The molecule has 33 heavy (non-hydrogen) atoms. The average Bonchev–Trinajstić information content (AvgIpc) is 3.08. The molecule has 0 saturated carbocycles. The number of halogens is 1. The number of aromatic nitrogens is 3. The van der Waals surface area contributed by atoms with Gasteiger partial charge in [-0.2, -0.15) is 0 Å². The van der Waals surface area contributed by atoms with E-state index in [9.17, 15) is 9.41 Å². The van der Waals surface area contributed by atoms with Crippen LogP contribution in [0.15, 0.2) is 54.9 Å². The Morgan fingerprint density at radius 3 is 2.70 bits per heavy atom. The fraction of sp³-hybridized carbons (Fsp3) is 0.269. The second-order valence-corrected chi connectivity index (χ2v) is 9.34. The van der Waals surface area contributed by atoms with Gasteiger partial charge in [0.05, 0.1) is 34.0 Å². The molecule has 5 nitrogen and oxygen atoms in total. The van der Waals surface area contributed by atoms with E-state index < -0.39 is 6.92 Å². The van der Waals surface area contributed by atoms with E-state index in [1.54, 1.807) is 18.5 Å². The Kier molecular flexibility index (Phi) is 5.17. The Balaban J connectivity index is 1.80. The van der Waals surface area contributed by atoms with Gasteiger partial charge in [-0.25, -0.2) is 9.37 Å². The summed E-state index contributed by atoms with van der Waals surface area (Å²) in [4.78, 5) is 16.3. The quantitative estimate of drug-likeness (QED) is 0.463. The Hall–Kier alpha value is -3.32. The van der Waals surface area contributed by atoms with Crippen molar-refractivity contribution in [2.75, 3.05) is 11.4 Å². The average molecular weight is 440 g/mol. The Bertz CT molecular complexity index is 1360. The van der Waals surface area contributed by atoms with Crippen LogP contribution in [-0.4, -0.2) is 33.4 Å². The largest absolute Gasteiger partial charge is 0.446 e. The molecule has 0 amide bonds. The molecule has 0 fully saturated rings. The third-order valence-electron chi connectivity index (χ3n) is 6.48. The molecule has 0 aliphatic carbocycles. The van der Waals surface area contributed by atoms with Crippen LogP contribution in [0.1, 0.15) is 32.0 Å². The molecule has 0 spiro atoms. The van der Waals surface area contributed by atoms with Crippen molar-refractivity contribution in [3.8, 4) is 11.4 Å². The van der Waals surface area contributed by atoms with E-state index in [2.05, 4.69) is 23.7 Å². The molecule has 1 aliphatic rings. The second-order valence-electron chi connectivity index (χ2n) is 9.34. The molecule has 1 aliphatic heterocycles. The Morgan fingerprint density at radius 2 is 1.97 bits per heavy atom. The van der Waals surface area contributed by atoms with E-state index in [4.69, 9.17) is 9.97 Å². The van der Waals surface area contributed by atoms with Gasteiger partial charge in [-0.1, -0.05) is 26.8 Å². The first-order valence-electron chi connectivity index (χ1n) is 11.3. The predicted molar refractivity (Wildman–Crippen MR) is 132 cm³/mol. The maximum atomic E-state index is 14.2. The highest BCUT2D eigenvalue weighted by Crippen LogP contribution is 2.47. The zero-order valence-corrected chi connectivity index (χ0v) is 19.3. The zero-order chi connectivity index (χ0) is 23.3. The van der Waals surface area contributed by atoms with Gasteiger partial charge in [0.2, 0.25) is 0 Å². The van der Waals surface area contributed by atoms with Gasteiger partial charge in [-0.3, -0.25) is 9.97 Å². The van der Waals surface area contributed by atoms with E-state index >= 15 is 0 Å². The minimum Gasteiger partial charge on any atom is -0.446 e. The number of nitrogens with zero attached hydrogens (tertiary/aromatic N) is 4. The van der Waals surface area contributed by atoms with Crippen molar-refractivity contribution in [3.63, 3.8) is 0 Å². The molecule has 3 aromatic heterocycles. The Labute approximate surface area is 193 Å². The fourth-order valence-electron chi connectivity index (χ4n) is 4.78. The van der Waals surface area contributed by atoms with Crippen LogP contribution in [0.2, 0.25) is 6.32 Å². The highest BCUT2D eigenvalue weighted by Gasteiger charge is 2.39. The first kappa shape index (κ1) is 21.5. The second kappa shape index (κ2) is 7.92. The Morgan fingerprint density at radius 1 is 1.15 bits per heavy atom. The minimum absolute atomic E-state index is 0.196. The van der Waals surface area contributed by atoms with Gasteiger partial charge in [0, 0.05) is 41.4 Å². The van der Waals surface area contributed by atoms with Crippen molar-refractivity contribution in [2.24, 2.45) is 0 Å². The lowest BCUT2D eigenvalue weighted by molar-refractivity contribution is 0.553. The van der Waals surface area contributed by atoms with Gasteiger partial charge in [-0.05, 0) is 49.0 Å². The molecule has 0 radical (unpaired) electrons. The number of hydrogen-bond donors (Lipinski definition) is 1. The number of hydrogen-bond acceptors (Lipinski definition) is 5. The van der Waals surface area contributed by atoms with Crippen molar-refractivity contribution < 1.29 is 9.41 Å². The summed E-state index contributed by atoms with van der Waals surface area (Å²) >= 11 is 0. The summed E-state index contributed by atoms with van der Waals surface area (Å²) in [5, 5.41) is 11.4. The summed E-state index contributed by atoms with van der Waals surface area (Å²) in [5.41, 5.74) is 6.55. The van der Waals surface area contributed by atoms with Crippen LogP contribution >= 0.6 is 0 Å². The molecule has 4 aromatic rings. The van der Waals surface area contributed by atoms with Gasteiger partial charge in [-0.15, -0.1) is 0 Å². The number of anilines is 2. The molecule has 0 saturated heterocycles. The molecule has 0 unspecified atom stereocenters. The van der Waals surface area contributed by atoms with Gasteiger partial charge in [0.25, 0.3) is 0 Å². The fourth-order valence-corrected chi connectivity index (χ4v) is 4.78. The van der Waals surface area contributed by atoms with Gasteiger partial charge in [0.1, 0.15) is 5.82 Å². The third kappa shape index (κ3) is 3.57. The smallest absolute Gasteiger partial charge is 0.325 e. The van der Waals surface area contributed by atoms with E-state index in [1.807, 2.05) is 38.1 Å². The molecule has 1 N–H and O–H groups in total. The van der Waals surface area contributed by atoms with E-state index in [1.165, 1.54) is 12.1 Å². The standard InChI is InChI=1S/C26H26BFN4O/c1-5-27(33)17-12-22-25(30-14-17)26(3,4)15-32(22)24-16(2)23(20-8-6-7-11-29-20)31-21-13-18(28)9-10-19(21)24/h6-14,33H,5,15H2,1-4H3. The first-order chi connectivity index (χ1) is 15.8. The van der Waals surface area contributed by atoms with Gasteiger partial charge in [0.15, 0.2) is 0 Å². The molecule has 1 aromatic carbocycles.